The summed E-state index contributed by atoms with van der Waals surface area (Å²) in [6.45, 7) is 2.64. The quantitative estimate of drug-likeness (QED) is 0.569. The number of hydrogen-bond donors (Lipinski definition) is 1. The summed E-state index contributed by atoms with van der Waals surface area (Å²) in [5.74, 6) is 0.938. The minimum Gasteiger partial charge on any atom is -0.357 e. The molecule has 2 aliphatic rings. The number of fused-ring (bicyclic) bond motifs is 4. The molecule has 3 nitrogen and oxygen atoms in total. The summed E-state index contributed by atoms with van der Waals surface area (Å²) in [6, 6.07) is 5.56. The first-order chi connectivity index (χ1) is 8.15. The normalized spacial score (nSPS) is 26.5. The van der Waals surface area contributed by atoms with Gasteiger partial charge in [0, 0.05) is 37.3 Å². The summed E-state index contributed by atoms with van der Waals surface area (Å²) >= 11 is 9.40. The van der Waals surface area contributed by atoms with Crippen molar-refractivity contribution in [2.24, 2.45) is 5.92 Å². The smallest absolute Gasteiger partial charge is 0.250 e. The van der Waals surface area contributed by atoms with Gasteiger partial charge in [0.05, 0.1) is 0 Å². The van der Waals surface area contributed by atoms with Gasteiger partial charge < -0.3 is 9.47 Å². The number of pyridine rings is 1. The first-order valence-electron chi connectivity index (χ1n) is 5.83. The maximum Gasteiger partial charge on any atom is 0.250 e. The van der Waals surface area contributed by atoms with E-state index in [0.717, 1.165) is 31.7 Å². The summed E-state index contributed by atoms with van der Waals surface area (Å²) in [4.78, 5) is 14.0. The molecule has 1 fully saturated rings. The van der Waals surface area contributed by atoms with E-state index in [1.807, 2.05) is 10.6 Å². The first-order valence-corrected chi connectivity index (χ1v) is 6.68. The maximum atomic E-state index is 11.8. The highest BCUT2D eigenvalue weighted by atomic mass is 32.1. The molecule has 0 radical (unpaired) electrons. The molecule has 1 unspecified atom stereocenters. The molecule has 1 aromatic rings. The second kappa shape index (κ2) is 4.14. The van der Waals surface area contributed by atoms with E-state index in [0.29, 0.717) is 16.2 Å². The van der Waals surface area contributed by atoms with Crippen LogP contribution >= 0.6 is 24.8 Å². The Balaban J connectivity index is 2.01. The fourth-order valence-electron chi connectivity index (χ4n) is 3.05. The predicted molar refractivity (Wildman–Crippen MR) is 74.7 cm³/mol. The van der Waals surface area contributed by atoms with Crippen molar-refractivity contribution in [3.63, 3.8) is 0 Å². The van der Waals surface area contributed by atoms with Crippen LogP contribution in [0.4, 0.5) is 0 Å². The Morgan fingerprint density at radius 3 is 2.94 bits per heavy atom. The van der Waals surface area contributed by atoms with E-state index in [2.05, 4.69) is 23.6 Å². The number of piperidine rings is 1. The van der Waals surface area contributed by atoms with Crippen molar-refractivity contribution < 1.29 is 0 Å². The Bertz CT molecular complexity index is 525. The highest BCUT2D eigenvalue weighted by molar-refractivity contribution is 8.10. The van der Waals surface area contributed by atoms with Crippen molar-refractivity contribution in [3.8, 4) is 0 Å². The molecule has 2 atom stereocenters. The van der Waals surface area contributed by atoms with Crippen LogP contribution in [0.3, 0.4) is 0 Å². The van der Waals surface area contributed by atoms with Gasteiger partial charge in [-0.2, -0.15) is 0 Å². The van der Waals surface area contributed by atoms with Gasteiger partial charge in [-0.25, -0.2) is 0 Å². The average molecular weight is 266 g/mol. The average Bonchev–Trinajstić information content (AvgIpc) is 2.30. The van der Waals surface area contributed by atoms with Crippen LogP contribution in [0.2, 0.25) is 0 Å². The molecule has 0 spiro atoms. The van der Waals surface area contributed by atoms with E-state index in [9.17, 15) is 4.79 Å². The van der Waals surface area contributed by atoms with Crippen LogP contribution in [0.25, 0.3) is 0 Å². The molecule has 2 bridgehead atoms. The number of thiol groups is 1. The molecule has 0 amide bonds. The fraction of sp³-hybridized carbons (Fsp3) is 0.500. The molecule has 90 valence electrons. The number of thiocarbonyl (C=S) groups is 1. The van der Waals surface area contributed by atoms with Crippen molar-refractivity contribution >= 4 is 29.2 Å². The Morgan fingerprint density at radius 2 is 2.18 bits per heavy atom. The standard InChI is InChI=1S/C12H14N2OS2/c15-11-3-1-2-10-9-4-8(6-14(10)11)5-13(7-9)12(16)17/h1-3,8-9H,4-7H2,(H,16,17)/t8?,9-/m0/s1. The molecule has 17 heavy (non-hydrogen) atoms. The van der Waals surface area contributed by atoms with Gasteiger partial charge in [0.2, 0.25) is 0 Å². The molecule has 1 aromatic heterocycles. The first kappa shape index (κ1) is 11.3. The molecular weight excluding hydrogens is 252 g/mol. The summed E-state index contributed by atoms with van der Waals surface area (Å²) < 4.78 is 2.60. The Morgan fingerprint density at radius 1 is 1.35 bits per heavy atom. The van der Waals surface area contributed by atoms with E-state index >= 15 is 0 Å². The van der Waals surface area contributed by atoms with Crippen molar-refractivity contribution in [1.29, 1.82) is 0 Å². The van der Waals surface area contributed by atoms with Crippen LogP contribution < -0.4 is 5.56 Å². The predicted octanol–water partition coefficient (Wildman–Crippen LogP) is 1.48. The lowest BCUT2D eigenvalue weighted by atomic mass is 9.83. The van der Waals surface area contributed by atoms with Crippen LogP contribution in [0.5, 0.6) is 0 Å². The topological polar surface area (TPSA) is 25.2 Å². The maximum absolute atomic E-state index is 11.8. The number of aromatic nitrogens is 1. The van der Waals surface area contributed by atoms with E-state index in [1.54, 1.807) is 6.07 Å². The van der Waals surface area contributed by atoms with Gasteiger partial charge in [-0.3, -0.25) is 4.79 Å². The number of rotatable bonds is 0. The third-order valence-corrected chi connectivity index (χ3v) is 4.29. The van der Waals surface area contributed by atoms with Gasteiger partial charge in [-0.05, 0) is 18.4 Å². The summed E-state index contributed by atoms with van der Waals surface area (Å²) in [6.07, 6.45) is 1.16. The number of nitrogens with zero attached hydrogens (tertiary/aromatic N) is 2. The van der Waals surface area contributed by atoms with E-state index in [-0.39, 0.29) is 5.56 Å². The lowest BCUT2D eigenvalue weighted by Crippen LogP contribution is -2.47. The van der Waals surface area contributed by atoms with E-state index in [1.165, 1.54) is 0 Å². The molecule has 0 saturated carbocycles. The lowest BCUT2D eigenvalue weighted by Gasteiger charge is -2.43. The zero-order valence-corrected chi connectivity index (χ0v) is 11.1. The summed E-state index contributed by atoms with van der Waals surface area (Å²) in [5.41, 5.74) is 1.28. The van der Waals surface area contributed by atoms with Crippen molar-refractivity contribution in [2.45, 2.75) is 18.9 Å². The van der Waals surface area contributed by atoms with Gasteiger partial charge in [-0.1, -0.05) is 18.3 Å². The Kier molecular flexibility index (Phi) is 2.75. The van der Waals surface area contributed by atoms with Crippen LogP contribution in [0, 0.1) is 5.92 Å². The number of likely N-dealkylation sites (tertiary alicyclic amines) is 1. The third-order valence-electron chi connectivity index (χ3n) is 3.75. The van der Waals surface area contributed by atoms with Gasteiger partial charge in [0.15, 0.2) is 0 Å². The lowest BCUT2D eigenvalue weighted by molar-refractivity contribution is 0.183. The van der Waals surface area contributed by atoms with Crippen molar-refractivity contribution in [2.75, 3.05) is 13.1 Å². The van der Waals surface area contributed by atoms with Crippen molar-refractivity contribution in [3.05, 3.63) is 34.2 Å². The molecule has 0 aliphatic carbocycles. The van der Waals surface area contributed by atoms with E-state index < -0.39 is 0 Å². The number of hydrogen-bond acceptors (Lipinski definition) is 2. The second-order valence-corrected chi connectivity index (χ2v) is 6.00. The van der Waals surface area contributed by atoms with Gasteiger partial charge >= 0.3 is 0 Å². The van der Waals surface area contributed by atoms with Crippen LogP contribution in [0.1, 0.15) is 18.0 Å². The fourth-order valence-corrected chi connectivity index (χ4v) is 3.37. The third kappa shape index (κ3) is 1.91. The SMILES string of the molecule is O=c1cccc2n1CC1C[C@H]2CN(C(=S)S)C1. The minimum atomic E-state index is 0.124. The van der Waals surface area contributed by atoms with Crippen LogP contribution in [-0.2, 0) is 6.54 Å². The Hall–Kier alpha value is -0.810. The monoisotopic (exact) mass is 266 g/mol. The molecular formula is C12H14N2OS2. The van der Waals surface area contributed by atoms with Gasteiger partial charge in [0.25, 0.3) is 5.56 Å². The Labute approximate surface area is 111 Å². The molecule has 0 N–H and O–H groups in total. The van der Waals surface area contributed by atoms with Crippen LogP contribution in [-0.4, -0.2) is 26.9 Å². The molecule has 2 aliphatic heterocycles. The molecule has 3 rings (SSSR count). The zero-order chi connectivity index (χ0) is 12.0. The largest absolute Gasteiger partial charge is 0.357 e. The molecule has 1 saturated heterocycles. The molecule has 0 aromatic carbocycles. The second-order valence-electron chi connectivity index (χ2n) is 4.89. The zero-order valence-electron chi connectivity index (χ0n) is 9.37. The van der Waals surface area contributed by atoms with Gasteiger partial charge in [-0.15, -0.1) is 12.6 Å². The highest BCUT2D eigenvalue weighted by Crippen LogP contribution is 2.35. The van der Waals surface area contributed by atoms with Crippen LogP contribution in [0.15, 0.2) is 23.0 Å². The van der Waals surface area contributed by atoms with Gasteiger partial charge in [0.1, 0.15) is 4.32 Å². The summed E-state index contributed by atoms with van der Waals surface area (Å²) in [7, 11) is 0. The van der Waals surface area contributed by atoms with E-state index in [4.69, 9.17) is 12.2 Å². The molecule has 5 heteroatoms. The summed E-state index contributed by atoms with van der Waals surface area (Å²) in [5, 5.41) is 0. The highest BCUT2D eigenvalue weighted by Gasteiger charge is 2.34. The van der Waals surface area contributed by atoms with Crippen molar-refractivity contribution in [1.82, 2.24) is 9.47 Å². The molecule has 3 heterocycles. The minimum absolute atomic E-state index is 0.124.